The van der Waals surface area contributed by atoms with E-state index >= 15 is 0 Å². The number of hydrogen-bond acceptors (Lipinski definition) is 5. The van der Waals surface area contributed by atoms with Crippen LogP contribution in [0.1, 0.15) is 6.42 Å². The summed E-state index contributed by atoms with van der Waals surface area (Å²) in [6, 6.07) is 3.62. The molecule has 0 radical (unpaired) electrons. The van der Waals surface area contributed by atoms with Crippen LogP contribution in [0.2, 0.25) is 0 Å². The van der Waals surface area contributed by atoms with E-state index in [2.05, 4.69) is 4.74 Å². The number of rotatable bonds is 2. The lowest BCUT2D eigenvalue weighted by Gasteiger charge is -2.24. The average Bonchev–Trinajstić information content (AvgIpc) is 2.69. The molecule has 0 bridgehead atoms. The zero-order valence-electron chi connectivity index (χ0n) is 7.82. The van der Waals surface area contributed by atoms with E-state index in [1.807, 2.05) is 12.1 Å². The summed E-state index contributed by atoms with van der Waals surface area (Å²) in [5.74, 6) is -1.54. The number of carbonyl (C=O) groups is 1. The first-order valence-corrected chi connectivity index (χ1v) is 4.16. The molecule has 1 heterocycles. The predicted molar refractivity (Wildman–Crippen MR) is 44.6 cm³/mol. The number of nitriles is 2. The molecule has 0 aromatic rings. The molecule has 1 rings (SSSR count). The summed E-state index contributed by atoms with van der Waals surface area (Å²) in [7, 11) is 1.24. The van der Waals surface area contributed by atoms with Crippen LogP contribution in [0.3, 0.4) is 0 Å². The summed E-state index contributed by atoms with van der Waals surface area (Å²) in [4.78, 5) is 11.5. The van der Waals surface area contributed by atoms with Crippen molar-refractivity contribution in [2.24, 2.45) is 11.3 Å². The summed E-state index contributed by atoms with van der Waals surface area (Å²) >= 11 is 0. The molecule has 1 unspecified atom stereocenters. The number of nitrogens with zero attached hydrogens (tertiary/aromatic N) is 2. The van der Waals surface area contributed by atoms with Crippen LogP contribution in [0.25, 0.3) is 0 Å². The van der Waals surface area contributed by atoms with Crippen molar-refractivity contribution in [3.8, 4) is 12.1 Å². The van der Waals surface area contributed by atoms with Crippen LogP contribution in [0.5, 0.6) is 0 Å². The summed E-state index contributed by atoms with van der Waals surface area (Å²) in [5, 5.41) is 17.5. The minimum Gasteiger partial charge on any atom is -0.468 e. The molecule has 0 aromatic heterocycles. The molecule has 0 aromatic carbocycles. The molecule has 0 saturated carbocycles. The summed E-state index contributed by atoms with van der Waals surface area (Å²) in [6.45, 7) is 0.473. The molecule has 1 aliphatic rings. The van der Waals surface area contributed by atoms with Crippen molar-refractivity contribution in [3.05, 3.63) is 0 Å². The van der Waals surface area contributed by atoms with Crippen molar-refractivity contribution in [1.29, 1.82) is 10.5 Å². The van der Waals surface area contributed by atoms with Gasteiger partial charge in [0.2, 0.25) is 0 Å². The SMILES string of the molecule is COC(=O)C1(C(C#N)C#N)CCOC1. The average molecular weight is 194 g/mol. The third kappa shape index (κ3) is 1.43. The highest BCUT2D eigenvalue weighted by molar-refractivity contribution is 5.78. The Morgan fingerprint density at radius 2 is 2.21 bits per heavy atom. The number of hydrogen-bond donors (Lipinski definition) is 0. The first-order valence-electron chi connectivity index (χ1n) is 4.16. The van der Waals surface area contributed by atoms with Gasteiger partial charge in [0, 0.05) is 6.61 Å². The number of carbonyl (C=O) groups excluding carboxylic acids is 1. The van der Waals surface area contributed by atoms with E-state index in [4.69, 9.17) is 15.3 Å². The van der Waals surface area contributed by atoms with Gasteiger partial charge in [-0.15, -0.1) is 0 Å². The van der Waals surface area contributed by atoms with Crippen LogP contribution in [-0.2, 0) is 14.3 Å². The van der Waals surface area contributed by atoms with Crippen LogP contribution in [0.4, 0.5) is 0 Å². The molecule has 74 valence electrons. The van der Waals surface area contributed by atoms with Crippen LogP contribution in [0.15, 0.2) is 0 Å². The lowest BCUT2D eigenvalue weighted by Crippen LogP contribution is -2.39. The largest absolute Gasteiger partial charge is 0.468 e. The second kappa shape index (κ2) is 4.08. The Morgan fingerprint density at radius 3 is 2.57 bits per heavy atom. The molecule has 1 fully saturated rings. The van der Waals surface area contributed by atoms with E-state index < -0.39 is 17.3 Å². The van der Waals surface area contributed by atoms with E-state index in [0.717, 1.165) is 0 Å². The van der Waals surface area contributed by atoms with E-state index in [0.29, 0.717) is 13.0 Å². The van der Waals surface area contributed by atoms with Crippen molar-refractivity contribution < 1.29 is 14.3 Å². The highest BCUT2D eigenvalue weighted by Crippen LogP contribution is 2.37. The Balaban J connectivity index is 3.00. The zero-order valence-corrected chi connectivity index (χ0v) is 7.82. The Bertz CT molecular complexity index is 293. The van der Waals surface area contributed by atoms with Crippen molar-refractivity contribution in [2.75, 3.05) is 20.3 Å². The molecular formula is C9H10N2O3. The molecule has 0 amide bonds. The third-order valence-corrected chi connectivity index (χ3v) is 2.45. The minimum absolute atomic E-state index is 0.0888. The Morgan fingerprint density at radius 1 is 1.57 bits per heavy atom. The quantitative estimate of drug-likeness (QED) is 0.587. The molecular weight excluding hydrogens is 184 g/mol. The monoisotopic (exact) mass is 194 g/mol. The van der Waals surface area contributed by atoms with Gasteiger partial charge in [0.25, 0.3) is 0 Å². The fourth-order valence-electron chi connectivity index (χ4n) is 1.57. The maximum atomic E-state index is 11.5. The molecule has 1 atom stereocenters. The van der Waals surface area contributed by atoms with Crippen molar-refractivity contribution in [1.82, 2.24) is 0 Å². The highest BCUT2D eigenvalue weighted by atomic mass is 16.5. The van der Waals surface area contributed by atoms with Gasteiger partial charge in [-0.25, -0.2) is 0 Å². The first-order chi connectivity index (χ1) is 6.71. The van der Waals surface area contributed by atoms with Gasteiger partial charge in [-0.1, -0.05) is 0 Å². The van der Waals surface area contributed by atoms with Gasteiger partial charge in [-0.2, -0.15) is 10.5 Å². The molecule has 5 heteroatoms. The maximum Gasteiger partial charge on any atom is 0.316 e. The first kappa shape index (κ1) is 10.5. The highest BCUT2D eigenvalue weighted by Gasteiger charge is 2.50. The van der Waals surface area contributed by atoms with Crippen molar-refractivity contribution >= 4 is 5.97 Å². The van der Waals surface area contributed by atoms with Gasteiger partial charge in [-0.3, -0.25) is 4.79 Å². The van der Waals surface area contributed by atoms with Crippen LogP contribution in [0, 0.1) is 34.0 Å². The smallest absolute Gasteiger partial charge is 0.316 e. The maximum absolute atomic E-state index is 11.5. The third-order valence-electron chi connectivity index (χ3n) is 2.45. The predicted octanol–water partition coefficient (Wildman–Crippen LogP) is 0.229. The summed E-state index contributed by atoms with van der Waals surface area (Å²) in [6.07, 6.45) is 0.367. The van der Waals surface area contributed by atoms with E-state index in [-0.39, 0.29) is 6.61 Å². The van der Waals surface area contributed by atoms with E-state index in [1.165, 1.54) is 7.11 Å². The Labute approximate surface area is 81.8 Å². The van der Waals surface area contributed by atoms with Gasteiger partial charge >= 0.3 is 5.97 Å². The van der Waals surface area contributed by atoms with Crippen molar-refractivity contribution in [2.45, 2.75) is 6.42 Å². The Kier molecular flexibility index (Phi) is 3.06. The normalized spacial score (nSPS) is 25.4. The molecule has 0 aliphatic carbocycles. The molecule has 1 saturated heterocycles. The standard InChI is InChI=1S/C9H10N2O3/c1-13-8(12)9(2-3-14-6-9)7(4-10)5-11/h7H,2-3,6H2,1H3. The molecule has 0 spiro atoms. The zero-order chi connectivity index (χ0) is 10.6. The van der Waals surface area contributed by atoms with E-state index in [9.17, 15) is 4.79 Å². The molecule has 14 heavy (non-hydrogen) atoms. The summed E-state index contributed by atoms with van der Waals surface area (Å²) < 4.78 is 9.67. The van der Waals surface area contributed by atoms with Gasteiger partial charge < -0.3 is 9.47 Å². The van der Waals surface area contributed by atoms with Gasteiger partial charge in [0.1, 0.15) is 5.41 Å². The molecule has 5 nitrogen and oxygen atoms in total. The number of esters is 1. The summed E-state index contributed by atoms with van der Waals surface area (Å²) in [5.41, 5.74) is -1.09. The fraction of sp³-hybridized carbons (Fsp3) is 0.667. The van der Waals surface area contributed by atoms with E-state index in [1.54, 1.807) is 0 Å². The number of ether oxygens (including phenoxy) is 2. The van der Waals surface area contributed by atoms with Gasteiger partial charge in [0.15, 0.2) is 5.92 Å². The number of methoxy groups -OCH3 is 1. The van der Waals surface area contributed by atoms with Crippen LogP contribution < -0.4 is 0 Å². The fourth-order valence-corrected chi connectivity index (χ4v) is 1.57. The lowest BCUT2D eigenvalue weighted by atomic mass is 9.76. The molecule has 0 N–H and O–H groups in total. The lowest BCUT2D eigenvalue weighted by molar-refractivity contribution is -0.154. The minimum atomic E-state index is -1.09. The van der Waals surface area contributed by atoms with Crippen LogP contribution >= 0.6 is 0 Å². The second-order valence-electron chi connectivity index (χ2n) is 3.14. The molecule has 1 aliphatic heterocycles. The van der Waals surface area contributed by atoms with Crippen LogP contribution in [-0.4, -0.2) is 26.3 Å². The van der Waals surface area contributed by atoms with Gasteiger partial charge in [-0.05, 0) is 6.42 Å². The van der Waals surface area contributed by atoms with Crippen molar-refractivity contribution in [3.63, 3.8) is 0 Å². The van der Waals surface area contributed by atoms with Gasteiger partial charge in [0.05, 0.1) is 25.9 Å². The second-order valence-corrected chi connectivity index (χ2v) is 3.14. The Hall–Kier alpha value is -1.59. The topological polar surface area (TPSA) is 83.1 Å².